The lowest BCUT2D eigenvalue weighted by Crippen LogP contribution is -2.37. The summed E-state index contributed by atoms with van der Waals surface area (Å²) in [4.78, 5) is 13.7. The van der Waals surface area contributed by atoms with Crippen LogP contribution >= 0.6 is 11.3 Å². The summed E-state index contributed by atoms with van der Waals surface area (Å²) in [6.07, 6.45) is 4.19. The Morgan fingerprint density at radius 2 is 2.39 bits per heavy atom. The number of nitrogens with one attached hydrogen (secondary N) is 1. The molecule has 0 saturated carbocycles. The summed E-state index contributed by atoms with van der Waals surface area (Å²) in [5, 5.41) is 4.49. The van der Waals surface area contributed by atoms with E-state index in [4.69, 9.17) is 0 Å². The van der Waals surface area contributed by atoms with Crippen molar-refractivity contribution in [3.63, 3.8) is 0 Å². The number of hydrogen-bond donors (Lipinski definition) is 1. The Kier molecular flexibility index (Phi) is 3.18. The van der Waals surface area contributed by atoms with Crippen LogP contribution in [0.25, 0.3) is 10.2 Å². The molecule has 5 heteroatoms. The third kappa shape index (κ3) is 1.97. The number of thiophene rings is 1. The highest BCUT2D eigenvalue weighted by molar-refractivity contribution is 7.18. The molecule has 0 radical (unpaired) electrons. The van der Waals surface area contributed by atoms with Gasteiger partial charge in [-0.1, -0.05) is 0 Å². The molecule has 1 saturated heterocycles. The zero-order chi connectivity index (χ0) is 12.5. The molecule has 1 aliphatic rings. The Labute approximate surface area is 111 Å². The largest absolute Gasteiger partial charge is 0.352 e. The van der Waals surface area contributed by atoms with E-state index in [9.17, 15) is 0 Å². The Morgan fingerprint density at radius 1 is 1.50 bits per heavy atom. The number of likely N-dealkylation sites (N-methyl/N-ethyl adjacent to an activating group) is 1. The van der Waals surface area contributed by atoms with Crippen molar-refractivity contribution in [3.8, 4) is 0 Å². The molecule has 0 bridgehead atoms. The van der Waals surface area contributed by atoms with Gasteiger partial charge in [0.25, 0.3) is 0 Å². The molecule has 2 aromatic heterocycles. The summed E-state index contributed by atoms with van der Waals surface area (Å²) in [7, 11) is 2.01. The fourth-order valence-electron chi connectivity index (χ4n) is 2.75. The van der Waals surface area contributed by atoms with E-state index in [1.54, 1.807) is 17.7 Å². The van der Waals surface area contributed by atoms with Crippen molar-refractivity contribution in [3.05, 3.63) is 17.3 Å². The number of rotatable bonds is 3. The lowest BCUT2D eigenvalue weighted by Gasteiger charge is -2.25. The van der Waals surface area contributed by atoms with Crippen LogP contribution in [0.2, 0.25) is 0 Å². The monoisotopic (exact) mass is 262 g/mol. The maximum Gasteiger partial charge on any atom is 0.141 e. The fraction of sp³-hybridized carbons (Fsp3) is 0.538. The molecule has 3 heterocycles. The first-order chi connectivity index (χ1) is 8.79. The molecule has 1 fully saturated rings. The summed E-state index contributed by atoms with van der Waals surface area (Å²) in [6.45, 7) is 4.26. The minimum atomic E-state index is 0.563. The van der Waals surface area contributed by atoms with Gasteiger partial charge in [-0.05, 0) is 32.9 Å². The third-order valence-corrected chi connectivity index (χ3v) is 4.48. The van der Waals surface area contributed by atoms with Gasteiger partial charge in [0, 0.05) is 24.0 Å². The van der Waals surface area contributed by atoms with E-state index in [2.05, 4.69) is 33.2 Å². The van der Waals surface area contributed by atoms with E-state index in [0.717, 1.165) is 23.7 Å². The molecule has 0 aliphatic carbocycles. The number of aryl methyl sites for hydroxylation is 1. The second-order valence-electron chi connectivity index (χ2n) is 4.82. The molecule has 2 aromatic rings. The average molecular weight is 262 g/mol. The van der Waals surface area contributed by atoms with E-state index < -0.39 is 0 Å². The first-order valence-corrected chi connectivity index (χ1v) is 7.23. The molecular formula is C13H18N4S. The highest BCUT2D eigenvalue weighted by Crippen LogP contribution is 2.33. The predicted octanol–water partition coefficient (Wildman–Crippen LogP) is 2.19. The smallest absolute Gasteiger partial charge is 0.141 e. The molecule has 96 valence electrons. The van der Waals surface area contributed by atoms with Crippen LogP contribution in [0.3, 0.4) is 0 Å². The number of nitrogens with zero attached hydrogens (tertiary/aromatic N) is 3. The SMILES string of the molecule is CNCC1CCCN1c1ncnc2sc(C)cc12. The molecule has 1 aliphatic heterocycles. The minimum absolute atomic E-state index is 0.563. The number of aromatic nitrogens is 2. The average Bonchev–Trinajstić information content (AvgIpc) is 2.94. The maximum atomic E-state index is 4.53. The lowest BCUT2D eigenvalue weighted by molar-refractivity contribution is 0.613. The predicted molar refractivity (Wildman–Crippen MR) is 76.4 cm³/mol. The first kappa shape index (κ1) is 11.9. The zero-order valence-electron chi connectivity index (χ0n) is 10.8. The number of anilines is 1. The molecule has 1 unspecified atom stereocenters. The molecule has 0 aromatic carbocycles. The molecule has 1 atom stereocenters. The molecule has 1 N–H and O–H groups in total. The summed E-state index contributed by atoms with van der Waals surface area (Å²) < 4.78 is 0. The van der Waals surface area contributed by atoms with Crippen LogP contribution in [-0.4, -0.2) is 36.1 Å². The van der Waals surface area contributed by atoms with E-state index in [0.29, 0.717) is 6.04 Å². The van der Waals surface area contributed by atoms with Crippen molar-refractivity contribution in [2.24, 2.45) is 0 Å². The normalized spacial score (nSPS) is 19.9. The van der Waals surface area contributed by atoms with Gasteiger partial charge in [-0.3, -0.25) is 0 Å². The quantitative estimate of drug-likeness (QED) is 0.920. The molecule has 0 amide bonds. The van der Waals surface area contributed by atoms with E-state index in [1.807, 2.05) is 7.05 Å². The van der Waals surface area contributed by atoms with Gasteiger partial charge >= 0.3 is 0 Å². The number of hydrogen-bond acceptors (Lipinski definition) is 5. The maximum absolute atomic E-state index is 4.53. The highest BCUT2D eigenvalue weighted by atomic mass is 32.1. The van der Waals surface area contributed by atoms with Crippen molar-refractivity contribution in [2.75, 3.05) is 25.0 Å². The van der Waals surface area contributed by atoms with E-state index in [1.165, 1.54) is 23.1 Å². The van der Waals surface area contributed by atoms with Crippen LogP contribution < -0.4 is 10.2 Å². The second-order valence-corrected chi connectivity index (χ2v) is 6.06. The summed E-state index contributed by atoms with van der Waals surface area (Å²) in [6, 6.07) is 2.78. The van der Waals surface area contributed by atoms with Crippen molar-refractivity contribution >= 4 is 27.4 Å². The second kappa shape index (κ2) is 4.82. The van der Waals surface area contributed by atoms with Crippen LogP contribution in [0.15, 0.2) is 12.4 Å². The van der Waals surface area contributed by atoms with E-state index >= 15 is 0 Å². The van der Waals surface area contributed by atoms with Gasteiger partial charge in [-0.25, -0.2) is 9.97 Å². The van der Waals surface area contributed by atoms with Gasteiger partial charge in [0.15, 0.2) is 0 Å². The van der Waals surface area contributed by atoms with Crippen molar-refractivity contribution in [2.45, 2.75) is 25.8 Å². The topological polar surface area (TPSA) is 41.0 Å². The molecule has 3 rings (SSSR count). The van der Waals surface area contributed by atoms with Crippen LogP contribution in [0.1, 0.15) is 17.7 Å². The van der Waals surface area contributed by atoms with Gasteiger partial charge in [-0.15, -0.1) is 11.3 Å². The van der Waals surface area contributed by atoms with Crippen LogP contribution in [0, 0.1) is 6.92 Å². The van der Waals surface area contributed by atoms with Crippen molar-refractivity contribution < 1.29 is 0 Å². The van der Waals surface area contributed by atoms with Crippen LogP contribution in [0.4, 0.5) is 5.82 Å². The third-order valence-electron chi connectivity index (χ3n) is 3.52. The number of fused-ring (bicyclic) bond motifs is 1. The van der Waals surface area contributed by atoms with Gasteiger partial charge in [0.05, 0.1) is 5.39 Å². The van der Waals surface area contributed by atoms with Gasteiger partial charge in [0.1, 0.15) is 17.0 Å². The standard InChI is InChI=1S/C13H18N4S/c1-9-6-11-12(15-8-16-13(11)18-9)17-5-3-4-10(17)7-14-2/h6,8,10,14H,3-5,7H2,1-2H3. The first-order valence-electron chi connectivity index (χ1n) is 6.42. The fourth-order valence-corrected chi connectivity index (χ4v) is 3.60. The summed E-state index contributed by atoms with van der Waals surface area (Å²) in [5.41, 5.74) is 0. The Bertz CT molecular complexity index is 551. The van der Waals surface area contributed by atoms with Gasteiger partial charge in [0.2, 0.25) is 0 Å². The van der Waals surface area contributed by atoms with Crippen LogP contribution in [-0.2, 0) is 0 Å². The molecular weight excluding hydrogens is 244 g/mol. The summed E-state index contributed by atoms with van der Waals surface area (Å²) >= 11 is 1.75. The molecule has 4 nitrogen and oxygen atoms in total. The van der Waals surface area contributed by atoms with E-state index in [-0.39, 0.29) is 0 Å². The van der Waals surface area contributed by atoms with Crippen molar-refractivity contribution in [1.29, 1.82) is 0 Å². The highest BCUT2D eigenvalue weighted by Gasteiger charge is 2.26. The Balaban J connectivity index is 2.02. The van der Waals surface area contributed by atoms with Gasteiger partial charge in [-0.2, -0.15) is 0 Å². The minimum Gasteiger partial charge on any atom is -0.352 e. The van der Waals surface area contributed by atoms with Gasteiger partial charge < -0.3 is 10.2 Å². The lowest BCUT2D eigenvalue weighted by atomic mass is 10.2. The Hall–Kier alpha value is -1.20. The van der Waals surface area contributed by atoms with Crippen LogP contribution in [0.5, 0.6) is 0 Å². The van der Waals surface area contributed by atoms with Crippen molar-refractivity contribution in [1.82, 2.24) is 15.3 Å². The zero-order valence-corrected chi connectivity index (χ0v) is 11.6. The molecule has 0 spiro atoms. The Morgan fingerprint density at radius 3 is 3.22 bits per heavy atom. The summed E-state index contributed by atoms with van der Waals surface area (Å²) in [5.74, 6) is 1.11. The molecule has 18 heavy (non-hydrogen) atoms.